The fourth-order valence-electron chi connectivity index (χ4n) is 2.32. The highest BCUT2D eigenvalue weighted by Crippen LogP contribution is 2.26. The molecule has 0 unspecified atom stereocenters. The summed E-state index contributed by atoms with van der Waals surface area (Å²) >= 11 is 5.98. The van der Waals surface area contributed by atoms with E-state index in [1.807, 2.05) is 0 Å². The van der Waals surface area contributed by atoms with E-state index < -0.39 is 0 Å². The van der Waals surface area contributed by atoms with Gasteiger partial charge in [-0.3, -0.25) is 0 Å². The quantitative estimate of drug-likeness (QED) is 0.771. The van der Waals surface area contributed by atoms with Gasteiger partial charge in [-0.15, -0.1) is 21.8 Å². The largest absolute Gasteiger partial charge is 0.310 e. The van der Waals surface area contributed by atoms with E-state index in [4.69, 9.17) is 11.6 Å². The fraction of sp³-hybridized carbons (Fsp3) is 0.529. The fourth-order valence-corrected chi connectivity index (χ4v) is 2.52. The van der Waals surface area contributed by atoms with Crippen molar-refractivity contribution in [3.8, 4) is 11.4 Å². The molecule has 1 heterocycles. The number of hydrogen-bond acceptors (Lipinski definition) is 2. The Morgan fingerprint density at radius 2 is 1.71 bits per heavy atom. The molecule has 3 nitrogen and oxygen atoms in total. The molecule has 1 aromatic heterocycles. The monoisotopic (exact) mass is 305 g/mol. The molecule has 21 heavy (non-hydrogen) atoms. The summed E-state index contributed by atoms with van der Waals surface area (Å²) in [5, 5.41) is 8.55. The minimum absolute atomic E-state index is 0.158. The Morgan fingerprint density at radius 1 is 1.10 bits per heavy atom. The zero-order valence-corrected chi connectivity index (χ0v) is 14.3. The molecule has 0 aliphatic carbocycles. The van der Waals surface area contributed by atoms with Crippen LogP contribution in [0.25, 0.3) is 11.4 Å². The lowest BCUT2D eigenvalue weighted by Gasteiger charge is -2.19. The lowest BCUT2D eigenvalue weighted by atomic mass is 9.87. The van der Waals surface area contributed by atoms with Gasteiger partial charge in [-0.2, -0.15) is 0 Å². The highest BCUT2D eigenvalue weighted by Gasteiger charge is 2.16. The van der Waals surface area contributed by atoms with Crippen molar-refractivity contribution >= 4 is 11.6 Å². The molecule has 2 rings (SSSR count). The van der Waals surface area contributed by atoms with E-state index in [1.165, 1.54) is 5.56 Å². The number of benzene rings is 1. The first kappa shape index (κ1) is 16.0. The molecule has 0 saturated carbocycles. The highest BCUT2D eigenvalue weighted by atomic mass is 35.5. The molecule has 0 spiro atoms. The van der Waals surface area contributed by atoms with Crippen molar-refractivity contribution in [1.82, 2.24) is 14.8 Å². The first-order chi connectivity index (χ1) is 9.82. The Kier molecular flexibility index (Phi) is 4.72. The van der Waals surface area contributed by atoms with Crippen molar-refractivity contribution < 1.29 is 0 Å². The van der Waals surface area contributed by atoms with Gasteiger partial charge in [0, 0.05) is 12.1 Å². The molecule has 0 fully saturated rings. The average Bonchev–Trinajstić information content (AvgIpc) is 2.80. The molecular weight excluding hydrogens is 282 g/mol. The van der Waals surface area contributed by atoms with E-state index in [9.17, 15) is 0 Å². The van der Waals surface area contributed by atoms with Crippen molar-refractivity contribution in [3.05, 3.63) is 35.7 Å². The number of aromatic nitrogens is 3. The second-order valence-corrected chi connectivity index (χ2v) is 7.17. The summed E-state index contributed by atoms with van der Waals surface area (Å²) in [7, 11) is 0. The summed E-state index contributed by atoms with van der Waals surface area (Å²) in [5.41, 5.74) is 2.57. The van der Waals surface area contributed by atoms with E-state index in [0.29, 0.717) is 11.8 Å². The predicted molar refractivity (Wildman–Crippen MR) is 88.6 cm³/mol. The van der Waals surface area contributed by atoms with Crippen LogP contribution in [-0.4, -0.2) is 14.8 Å². The Balaban J connectivity index is 2.40. The number of nitrogens with zero attached hydrogens (tertiary/aromatic N) is 3. The number of rotatable bonds is 4. The SMILES string of the molecule is CC(C)Cn1c(CCl)nnc1-c1ccc(C(C)(C)C)cc1. The van der Waals surface area contributed by atoms with Gasteiger partial charge in [0.05, 0.1) is 5.88 Å². The minimum Gasteiger partial charge on any atom is -0.310 e. The Hall–Kier alpha value is -1.35. The van der Waals surface area contributed by atoms with Gasteiger partial charge in [-0.1, -0.05) is 58.9 Å². The van der Waals surface area contributed by atoms with Crippen molar-refractivity contribution in [1.29, 1.82) is 0 Å². The zero-order chi connectivity index (χ0) is 15.6. The average molecular weight is 306 g/mol. The number of halogens is 1. The third kappa shape index (κ3) is 3.65. The molecule has 0 bridgehead atoms. The van der Waals surface area contributed by atoms with Crippen LogP contribution in [0, 0.1) is 5.92 Å². The molecule has 4 heteroatoms. The minimum atomic E-state index is 0.158. The van der Waals surface area contributed by atoms with Crippen LogP contribution in [0.15, 0.2) is 24.3 Å². The Morgan fingerprint density at radius 3 is 2.19 bits per heavy atom. The van der Waals surface area contributed by atoms with E-state index in [1.54, 1.807) is 0 Å². The number of alkyl halides is 1. The summed E-state index contributed by atoms with van der Waals surface area (Å²) in [6.07, 6.45) is 0. The van der Waals surface area contributed by atoms with Crippen LogP contribution in [0.3, 0.4) is 0 Å². The van der Waals surface area contributed by atoms with Crippen LogP contribution in [0.1, 0.15) is 46.0 Å². The van der Waals surface area contributed by atoms with Gasteiger partial charge in [0.1, 0.15) is 5.82 Å². The third-order valence-corrected chi connectivity index (χ3v) is 3.74. The third-order valence-electron chi connectivity index (χ3n) is 3.50. The molecule has 0 radical (unpaired) electrons. The lowest BCUT2D eigenvalue weighted by Crippen LogP contribution is -2.11. The van der Waals surface area contributed by atoms with Crippen molar-refractivity contribution in [2.24, 2.45) is 5.92 Å². The summed E-state index contributed by atoms with van der Waals surface area (Å²) < 4.78 is 2.13. The molecule has 0 aliphatic heterocycles. The van der Waals surface area contributed by atoms with E-state index in [-0.39, 0.29) is 5.41 Å². The van der Waals surface area contributed by atoms with Crippen molar-refractivity contribution in [2.75, 3.05) is 0 Å². The van der Waals surface area contributed by atoms with Crippen molar-refractivity contribution in [3.63, 3.8) is 0 Å². The van der Waals surface area contributed by atoms with Crippen LogP contribution in [-0.2, 0) is 17.8 Å². The Labute approximate surface area is 132 Å². The predicted octanol–water partition coefficient (Wildman–Crippen LogP) is 4.64. The normalized spacial score (nSPS) is 12.1. The van der Waals surface area contributed by atoms with Crippen LogP contribution in [0.5, 0.6) is 0 Å². The van der Waals surface area contributed by atoms with E-state index in [2.05, 4.69) is 73.6 Å². The van der Waals surface area contributed by atoms with E-state index in [0.717, 1.165) is 23.8 Å². The molecule has 2 aromatic rings. The van der Waals surface area contributed by atoms with Gasteiger partial charge in [0.25, 0.3) is 0 Å². The summed E-state index contributed by atoms with van der Waals surface area (Å²) in [6, 6.07) is 8.59. The van der Waals surface area contributed by atoms with Gasteiger partial charge in [-0.05, 0) is 16.9 Å². The molecule has 0 saturated heterocycles. The lowest BCUT2D eigenvalue weighted by molar-refractivity contribution is 0.515. The van der Waals surface area contributed by atoms with Gasteiger partial charge >= 0.3 is 0 Å². The highest BCUT2D eigenvalue weighted by molar-refractivity contribution is 6.16. The van der Waals surface area contributed by atoms with Gasteiger partial charge < -0.3 is 4.57 Å². The molecular formula is C17H24ClN3. The van der Waals surface area contributed by atoms with Crippen molar-refractivity contribution in [2.45, 2.75) is 52.5 Å². The second-order valence-electron chi connectivity index (χ2n) is 6.91. The maximum absolute atomic E-state index is 5.98. The van der Waals surface area contributed by atoms with Crippen LogP contribution in [0.2, 0.25) is 0 Å². The molecule has 0 aliphatic rings. The molecule has 0 atom stereocenters. The Bertz CT molecular complexity index is 591. The maximum Gasteiger partial charge on any atom is 0.163 e. The first-order valence-corrected chi connectivity index (χ1v) is 7.95. The second kappa shape index (κ2) is 6.18. The summed E-state index contributed by atoms with van der Waals surface area (Å²) in [5.74, 6) is 2.65. The molecule has 114 valence electrons. The topological polar surface area (TPSA) is 30.7 Å². The molecule has 1 aromatic carbocycles. The van der Waals surface area contributed by atoms with Gasteiger partial charge in [-0.25, -0.2) is 0 Å². The van der Waals surface area contributed by atoms with E-state index >= 15 is 0 Å². The molecule has 0 N–H and O–H groups in total. The molecule has 0 amide bonds. The van der Waals surface area contributed by atoms with Gasteiger partial charge in [0.15, 0.2) is 5.82 Å². The number of hydrogen-bond donors (Lipinski definition) is 0. The summed E-state index contributed by atoms with van der Waals surface area (Å²) in [6.45, 7) is 11.9. The summed E-state index contributed by atoms with van der Waals surface area (Å²) in [4.78, 5) is 0. The zero-order valence-electron chi connectivity index (χ0n) is 13.5. The smallest absolute Gasteiger partial charge is 0.163 e. The van der Waals surface area contributed by atoms with Crippen LogP contribution >= 0.6 is 11.6 Å². The van der Waals surface area contributed by atoms with Gasteiger partial charge in [0.2, 0.25) is 0 Å². The van der Waals surface area contributed by atoms with Crippen LogP contribution in [0.4, 0.5) is 0 Å². The van der Waals surface area contributed by atoms with Crippen LogP contribution < -0.4 is 0 Å². The standard InChI is InChI=1S/C17H24ClN3/c1-12(2)11-21-15(10-18)19-20-16(21)13-6-8-14(9-7-13)17(3,4)5/h6-9,12H,10-11H2,1-5H3. The first-order valence-electron chi connectivity index (χ1n) is 7.42. The maximum atomic E-state index is 5.98.